The number of amides is 1. The molecule has 2 rings (SSSR count). The van der Waals surface area contributed by atoms with Crippen molar-refractivity contribution >= 4 is 19.9 Å². The summed E-state index contributed by atoms with van der Waals surface area (Å²) in [5.74, 6) is 4.70. The van der Waals surface area contributed by atoms with Gasteiger partial charge < -0.3 is 14.6 Å². The van der Waals surface area contributed by atoms with Gasteiger partial charge in [-0.2, -0.15) is 0 Å². The van der Waals surface area contributed by atoms with Crippen LogP contribution in [0.3, 0.4) is 0 Å². The summed E-state index contributed by atoms with van der Waals surface area (Å²) in [5.41, 5.74) is 8.82. The molecule has 0 radical (unpaired) electrons. The number of carboxylic acid groups (broad SMARTS) is 1. The maximum Gasteiger partial charge on any atom is 0.412 e. The highest BCUT2D eigenvalue weighted by molar-refractivity contribution is 6.90. The number of hydrogen-bond donors (Lipinski definition) is 1. The standard InChI is InChI=1S/C28H40N2O4Si/c1-18(2)35(19(3)4,20(5)6)12-11-23-13-24(15-25(14-23)33-9)30(28(31)32)17-26-22(8)27(34-10)21(7)16-29-26/h13-16,18-20H,17H2,1-10H3,(H,31,32). The van der Waals surface area contributed by atoms with Crippen LogP contribution < -0.4 is 14.4 Å². The summed E-state index contributed by atoms with van der Waals surface area (Å²) < 4.78 is 11.0. The highest BCUT2D eigenvalue weighted by atomic mass is 28.3. The van der Waals surface area contributed by atoms with E-state index in [0.29, 0.717) is 33.8 Å². The van der Waals surface area contributed by atoms with Crippen LogP contribution in [0, 0.1) is 25.3 Å². The Morgan fingerprint density at radius 2 is 1.63 bits per heavy atom. The number of ether oxygens (including phenoxy) is 2. The van der Waals surface area contributed by atoms with Crippen LogP contribution in [0.2, 0.25) is 16.6 Å². The minimum absolute atomic E-state index is 0.0838. The average Bonchev–Trinajstić information content (AvgIpc) is 2.78. The van der Waals surface area contributed by atoms with E-state index in [1.54, 1.807) is 26.5 Å². The van der Waals surface area contributed by atoms with Crippen molar-refractivity contribution in [2.24, 2.45) is 0 Å². The second-order valence-corrected chi connectivity index (χ2v) is 15.6. The van der Waals surface area contributed by atoms with E-state index < -0.39 is 14.2 Å². The monoisotopic (exact) mass is 496 g/mol. The molecule has 0 aliphatic heterocycles. The van der Waals surface area contributed by atoms with Crippen molar-refractivity contribution < 1.29 is 19.4 Å². The first kappa shape index (κ1) is 28.3. The molecule has 1 aromatic carbocycles. The van der Waals surface area contributed by atoms with Crippen molar-refractivity contribution in [3.05, 3.63) is 46.8 Å². The number of hydrogen-bond acceptors (Lipinski definition) is 4. The van der Waals surface area contributed by atoms with E-state index in [9.17, 15) is 9.90 Å². The van der Waals surface area contributed by atoms with E-state index in [0.717, 1.165) is 22.4 Å². The molecule has 0 spiro atoms. The zero-order chi connectivity index (χ0) is 26.5. The first-order valence-corrected chi connectivity index (χ1v) is 14.3. The largest absolute Gasteiger partial charge is 0.497 e. The summed E-state index contributed by atoms with van der Waals surface area (Å²) in [6.07, 6.45) is 0.630. The third-order valence-electron chi connectivity index (χ3n) is 7.02. The van der Waals surface area contributed by atoms with Crippen LogP contribution in [0.1, 0.15) is 63.9 Å². The number of carbonyl (C=O) groups is 1. The summed E-state index contributed by atoms with van der Waals surface area (Å²) in [5, 5.41) is 10.1. The molecule has 0 aliphatic rings. The second kappa shape index (κ2) is 11.6. The van der Waals surface area contributed by atoms with Gasteiger partial charge in [0.25, 0.3) is 0 Å². The van der Waals surface area contributed by atoms with Crippen molar-refractivity contribution in [2.75, 3.05) is 19.1 Å². The zero-order valence-electron chi connectivity index (χ0n) is 22.8. The summed E-state index contributed by atoms with van der Waals surface area (Å²) in [7, 11) is 1.24. The van der Waals surface area contributed by atoms with Crippen LogP contribution in [-0.2, 0) is 6.54 Å². The first-order chi connectivity index (χ1) is 16.4. The van der Waals surface area contributed by atoms with Gasteiger partial charge >= 0.3 is 6.09 Å². The molecule has 6 nitrogen and oxygen atoms in total. The molecule has 0 unspecified atom stereocenters. The molecule has 1 amide bonds. The van der Waals surface area contributed by atoms with E-state index >= 15 is 0 Å². The van der Waals surface area contributed by atoms with E-state index in [-0.39, 0.29) is 6.54 Å². The normalized spacial score (nSPS) is 11.5. The van der Waals surface area contributed by atoms with Gasteiger partial charge in [-0.1, -0.05) is 47.5 Å². The number of rotatable bonds is 8. The molecule has 0 fully saturated rings. The quantitative estimate of drug-likeness (QED) is 0.316. The van der Waals surface area contributed by atoms with E-state index in [4.69, 9.17) is 9.47 Å². The molecule has 7 heteroatoms. The van der Waals surface area contributed by atoms with Gasteiger partial charge in [-0.05, 0) is 42.6 Å². The van der Waals surface area contributed by atoms with Gasteiger partial charge in [0.2, 0.25) is 0 Å². The Hall–Kier alpha value is -2.98. The maximum atomic E-state index is 12.3. The number of methoxy groups -OCH3 is 2. The Kier molecular flexibility index (Phi) is 9.39. The Balaban J connectivity index is 2.60. The third-order valence-corrected chi connectivity index (χ3v) is 13.3. The van der Waals surface area contributed by atoms with Gasteiger partial charge in [-0.25, -0.2) is 4.79 Å². The van der Waals surface area contributed by atoms with Gasteiger partial charge in [0.15, 0.2) is 0 Å². The lowest BCUT2D eigenvalue weighted by Gasteiger charge is -2.38. The average molecular weight is 497 g/mol. The van der Waals surface area contributed by atoms with Crippen molar-refractivity contribution in [1.82, 2.24) is 4.98 Å². The van der Waals surface area contributed by atoms with Crippen LogP contribution in [0.4, 0.5) is 10.5 Å². The van der Waals surface area contributed by atoms with Crippen molar-refractivity contribution in [3.8, 4) is 23.0 Å². The lowest BCUT2D eigenvalue weighted by molar-refractivity contribution is 0.201. The number of aryl methyl sites for hydroxylation is 1. The Bertz CT molecular complexity index is 1090. The molecule has 0 aliphatic carbocycles. The molecule has 2 aromatic rings. The van der Waals surface area contributed by atoms with Crippen molar-refractivity contribution in [1.29, 1.82) is 0 Å². The number of benzene rings is 1. The predicted octanol–water partition coefficient (Wildman–Crippen LogP) is 6.97. The maximum absolute atomic E-state index is 12.3. The van der Waals surface area contributed by atoms with Gasteiger partial charge in [0, 0.05) is 29.0 Å². The van der Waals surface area contributed by atoms with E-state index in [1.807, 2.05) is 26.0 Å². The predicted molar refractivity (Wildman–Crippen MR) is 145 cm³/mol. The molecule has 1 heterocycles. The van der Waals surface area contributed by atoms with Crippen LogP contribution in [0.15, 0.2) is 24.4 Å². The highest BCUT2D eigenvalue weighted by Crippen LogP contribution is 2.41. The SMILES string of the molecule is COc1cc(C#C[Si](C(C)C)(C(C)C)C(C)C)cc(N(Cc2ncc(C)c(OC)c2C)C(=O)O)c1. The second-order valence-electron chi connectivity index (χ2n) is 9.98. The molecule has 0 bridgehead atoms. The van der Waals surface area contributed by atoms with Crippen molar-refractivity contribution in [3.63, 3.8) is 0 Å². The van der Waals surface area contributed by atoms with Gasteiger partial charge in [0.05, 0.1) is 32.1 Å². The van der Waals surface area contributed by atoms with Gasteiger partial charge in [-0.3, -0.25) is 9.88 Å². The Labute approximate surface area is 211 Å². The smallest absolute Gasteiger partial charge is 0.412 e. The van der Waals surface area contributed by atoms with Gasteiger partial charge in [-0.15, -0.1) is 5.54 Å². The van der Waals surface area contributed by atoms with E-state index in [2.05, 4.69) is 58.0 Å². The van der Waals surface area contributed by atoms with Crippen LogP contribution >= 0.6 is 0 Å². The zero-order valence-corrected chi connectivity index (χ0v) is 23.8. The number of nitrogens with zero attached hydrogens (tertiary/aromatic N) is 2. The highest BCUT2D eigenvalue weighted by Gasteiger charge is 2.41. The summed E-state index contributed by atoms with van der Waals surface area (Å²) >= 11 is 0. The summed E-state index contributed by atoms with van der Waals surface area (Å²) in [6.45, 7) is 17.5. The number of anilines is 1. The van der Waals surface area contributed by atoms with Crippen LogP contribution in [-0.4, -0.2) is 38.5 Å². The van der Waals surface area contributed by atoms with Crippen LogP contribution in [0.5, 0.6) is 11.5 Å². The molecule has 35 heavy (non-hydrogen) atoms. The minimum atomic E-state index is -1.94. The molecule has 0 atom stereocenters. The molecule has 0 saturated heterocycles. The van der Waals surface area contributed by atoms with E-state index in [1.165, 1.54) is 4.90 Å². The Morgan fingerprint density at radius 1 is 1.03 bits per heavy atom. The van der Waals surface area contributed by atoms with Gasteiger partial charge in [0.1, 0.15) is 19.6 Å². The molecular formula is C28H40N2O4Si. The first-order valence-electron chi connectivity index (χ1n) is 12.1. The van der Waals surface area contributed by atoms with Crippen molar-refractivity contribution in [2.45, 2.75) is 78.6 Å². The third kappa shape index (κ3) is 5.99. The number of pyridine rings is 1. The van der Waals surface area contributed by atoms with Crippen LogP contribution in [0.25, 0.3) is 0 Å². The summed E-state index contributed by atoms with van der Waals surface area (Å²) in [4.78, 5) is 18.1. The topological polar surface area (TPSA) is 71.9 Å². The molecule has 1 N–H and O–H groups in total. The molecular weight excluding hydrogens is 456 g/mol. The lowest BCUT2D eigenvalue weighted by Crippen LogP contribution is -2.43. The minimum Gasteiger partial charge on any atom is -0.497 e. The summed E-state index contributed by atoms with van der Waals surface area (Å²) in [6, 6.07) is 5.41. The Morgan fingerprint density at radius 3 is 2.11 bits per heavy atom. The fourth-order valence-electron chi connectivity index (χ4n) is 5.19. The fourth-order valence-corrected chi connectivity index (χ4v) is 10.4. The number of aromatic nitrogens is 1. The fraction of sp³-hybridized carbons (Fsp3) is 0.500. The molecule has 190 valence electrons. The lowest BCUT2D eigenvalue weighted by atomic mass is 10.1. The molecule has 1 aromatic heterocycles. The molecule has 0 saturated carbocycles.